The van der Waals surface area contributed by atoms with Crippen LogP contribution in [0.3, 0.4) is 0 Å². The molecule has 43 heavy (non-hydrogen) atoms. The SMILES string of the molecule is O=C(OCC1c2c(c3ccccc3c3ccccc23)-c2c1c1ccccc1c1ccccc21)Oc1ccc([N+](=O)[O-])cc1. The summed E-state index contributed by atoms with van der Waals surface area (Å²) in [5, 5.41) is 20.2. The standard InChI is InChI=1S/C37H23NO5/c39-37(43-23-19-17-22(18-20-23)38(40)41)42-21-32-33-28-13-5-1-9-24(28)26-11-3-7-15-30(26)35(33)36-31-16-8-4-12-27(31)25-10-2-6-14-29(25)34(32)36/h1-20,32H,21H2. The molecule has 8 rings (SSSR count). The molecule has 0 heterocycles. The third kappa shape index (κ3) is 3.84. The van der Waals surface area contributed by atoms with Gasteiger partial charge in [0, 0.05) is 18.1 Å². The van der Waals surface area contributed by atoms with Crippen LogP contribution in [0.1, 0.15) is 17.0 Å². The van der Waals surface area contributed by atoms with Gasteiger partial charge >= 0.3 is 6.16 Å². The zero-order valence-corrected chi connectivity index (χ0v) is 22.8. The smallest absolute Gasteiger partial charge is 0.433 e. The topological polar surface area (TPSA) is 78.7 Å². The Balaban J connectivity index is 1.33. The van der Waals surface area contributed by atoms with Crippen molar-refractivity contribution in [3.05, 3.63) is 143 Å². The first-order valence-corrected chi connectivity index (χ1v) is 14.1. The molecule has 0 saturated carbocycles. The van der Waals surface area contributed by atoms with Crippen LogP contribution in [-0.2, 0) is 4.74 Å². The predicted molar refractivity (Wildman–Crippen MR) is 169 cm³/mol. The van der Waals surface area contributed by atoms with E-state index in [9.17, 15) is 14.9 Å². The Hall–Kier alpha value is -5.75. The van der Waals surface area contributed by atoms with E-state index >= 15 is 0 Å². The molecule has 1 aliphatic carbocycles. The summed E-state index contributed by atoms with van der Waals surface area (Å²) < 4.78 is 11.3. The van der Waals surface area contributed by atoms with E-state index in [2.05, 4.69) is 97.1 Å². The van der Waals surface area contributed by atoms with Gasteiger partial charge in [-0.05, 0) is 77.5 Å². The van der Waals surface area contributed by atoms with E-state index in [0.29, 0.717) is 0 Å². The molecule has 206 valence electrons. The number of carbonyl (C=O) groups is 1. The van der Waals surface area contributed by atoms with E-state index < -0.39 is 11.1 Å². The maximum atomic E-state index is 13.0. The molecule has 7 aromatic rings. The van der Waals surface area contributed by atoms with Crippen LogP contribution in [0.5, 0.6) is 5.75 Å². The normalized spacial score (nSPS) is 12.5. The lowest BCUT2D eigenvalue weighted by molar-refractivity contribution is -0.384. The number of fused-ring (bicyclic) bond motifs is 13. The molecule has 0 aromatic heterocycles. The maximum Gasteiger partial charge on any atom is 0.513 e. The molecule has 0 bridgehead atoms. The summed E-state index contributed by atoms with van der Waals surface area (Å²) in [5.74, 6) is -0.0749. The number of hydrogen-bond donors (Lipinski definition) is 0. The van der Waals surface area contributed by atoms with E-state index in [-0.39, 0.29) is 24.0 Å². The van der Waals surface area contributed by atoms with Gasteiger partial charge in [-0.2, -0.15) is 0 Å². The van der Waals surface area contributed by atoms with Crippen molar-refractivity contribution in [3.8, 4) is 16.9 Å². The largest absolute Gasteiger partial charge is 0.513 e. The fourth-order valence-electron chi connectivity index (χ4n) is 6.82. The molecule has 0 radical (unpaired) electrons. The van der Waals surface area contributed by atoms with E-state index in [1.807, 2.05) is 0 Å². The van der Waals surface area contributed by atoms with Crippen molar-refractivity contribution in [2.45, 2.75) is 5.92 Å². The number of hydrogen-bond acceptors (Lipinski definition) is 5. The van der Waals surface area contributed by atoms with Gasteiger partial charge in [0.25, 0.3) is 5.69 Å². The molecule has 0 spiro atoms. The second kappa shape index (κ2) is 9.67. The molecule has 0 saturated heterocycles. The number of non-ortho nitro benzene ring substituents is 1. The molecular weight excluding hydrogens is 538 g/mol. The van der Waals surface area contributed by atoms with Crippen LogP contribution in [-0.4, -0.2) is 17.7 Å². The first-order valence-electron chi connectivity index (χ1n) is 14.1. The fraction of sp³-hybridized carbons (Fsp3) is 0.0541. The number of benzene rings is 7. The summed E-state index contributed by atoms with van der Waals surface area (Å²) in [6, 6.07) is 39.2. The molecule has 6 nitrogen and oxygen atoms in total. The van der Waals surface area contributed by atoms with Gasteiger partial charge in [0.05, 0.1) is 4.92 Å². The van der Waals surface area contributed by atoms with Gasteiger partial charge in [-0.1, -0.05) is 97.1 Å². The van der Waals surface area contributed by atoms with Gasteiger partial charge in [-0.3, -0.25) is 10.1 Å². The van der Waals surface area contributed by atoms with Crippen molar-refractivity contribution in [1.29, 1.82) is 0 Å². The van der Waals surface area contributed by atoms with Crippen LogP contribution in [0.2, 0.25) is 0 Å². The van der Waals surface area contributed by atoms with Gasteiger partial charge in [0.1, 0.15) is 12.4 Å². The lowest BCUT2D eigenvalue weighted by Gasteiger charge is -2.18. The minimum Gasteiger partial charge on any atom is -0.433 e. The highest BCUT2D eigenvalue weighted by molar-refractivity contribution is 6.25. The molecule has 0 atom stereocenters. The van der Waals surface area contributed by atoms with Gasteiger partial charge in [-0.25, -0.2) is 4.79 Å². The first-order chi connectivity index (χ1) is 21.1. The molecule has 0 amide bonds. The summed E-state index contributed by atoms with van der Waals surface area (Å²) in [5.41, 5.74) is 4.52. The lowest BCUT2D eigenvalue weighted by atomic mass is 9.88. The second-order valence-corrected chi connectivity index (χ2v) is 10.7. The van der Waals surface area contributed by atoms with Crippen LogP contribution >= 0.6 is 0 Å². The summed E-state index contributed by atoms with van der Waals surface area (Å²) in [6.45, 7) is 0.0660. The molecular formula is C37H23NO5. The minimum absolute atomic E-state index is 0.0660. The third-order valence-electron chi connectivity index (χ3n) is 8.51. The predicted octanol–water partition coefficient (Wildman–Crippen LogP) is 9.54. The molecule has 0 unspecified atom stereocenters. The zero-order valence-electron chi connectivity index (χ0n) is 22.8. The summed E-state index contributed by atoms with van der Waals surface area (Å²) in [6.07, 6.45) is -0.862. The van der Waals surface area contributed by atoms with Crippen molar-refractivity contribution in [2.24, 2.45) is 0 Å². The number of ether oxygens (including phenoxy) is 2. The average Bonchev–Trinajstić information content (AvgIpc) is 3.40. The van der Waals surface area contributed by atoms with Crippen molar-refractivity contribution in [1.82, 2.24) is 0 Å². The molecule has 0 aliphatic heterocycles. The van der Waals surface area contributed by atoms with Crippen LogP contribution in [0.15, 0.2) is 121 Å². The molecule has 0 fully saturated rings. The Kier molecular flexibility index (Phi) is 5.62. The number of rotatable bonds is 4. The summed E-state index contributed by atoms with van der Waals surface area (Å²) in [7, 11) is 0. The Bertz CT molecular complexity index is 2150. The van der Waals surface area contributed by atoms with Crippen molar-refractivity contribution in [3.63, 3.8) is 0 Å². The number of carbonyl (C=O) groups excluding carboxylic acids is 1. The third-order valence-corrected chi connectivity index (χ3v) is 8.51. The second-order valence-electron chi connectivity index (χ2n) is 10.7. The van der Waals surface area contributed by atoms with Crippen molar-refractivity contribution >= 4 is 54.9 Å². The van der Waals surface area contributed by atoms with Crippen molar-refractivity contribution in [2.75, 3.05) is 6.61 Å². The summed E-state index contributed by atoms with van der Waals surface area (Å²) in [4.78, 5) is 23.5. The Morgan fingerprint density at radius 3 is 1.42 bits per heavy atom. The average molecular weight is 562 g/mol. The Morgan fingerprint density at radius 1 is 0.581 bits per heavy atom. The van der Waals surface area contributed by atoms with E-state index in [4.69, 9.17) is 9.47 Å². The maximum absolute atomic E-state index is 13.0. The van der Waals surface area contributed by atoms with Crippen molar-refractivity contribution < 1.29 is 19.2 Å². The monoisotopic (exact) mass is 561 g/mol. The molecule has 7 aromatic carbocycles. The summed E-state index contributed by atoms with van der Waals surface area (Å²) >= 11 is 0. The highest BCUT2D eigenvalue weighted by Crippen LogP contribution is 2.56. The quantitative estimate of drug-likeness (QED) is 0.0703. The number of nitro groups is 1. The van der Waals surface area contributed by atoms with E-state index in [0.717, 1.165) is 43.4 Å². The fourth-order valence-corrected chi connectivity index (χ4v) is 6.82. The Morgan fingerprint density at radius 2 is 0.977 bits per heavy atom. The number of nitro benzene ring substituents is 1. The van der Waals surface area contributed by atoms with Crippen LogP contribution in [0.4, 0.5) is 10.5 Å². The van der Waals surface area contributed by atoms with E-state index in [1.54, 1.807) is 0 Å². The van der Waals surface area contributed by atoms with Crippen LogP contribution in [0.25, 0.3) is 54.2 Å². The van der Waals surface area contributed by atoms with Gasteiger partial charge in [0.15, 0.2) is 0 Å². The minimum atomic E-state index is -0.862. The van der Waals surface area contributed by atoms with Gasteiger partial charge in [-0.15, -0.1) is 0 Å². The highest BCUT2D eigenvalue weighted by Gasteiger charge is 2.36. The van der Waals surface area contributed by atoms with Crippen LogP contribution in [0, 0.1) is 10.1 Å². The molecule has 1 aliphatic rings. The first kappa shape index (κ1) is 25.0. The number of nitrogens with zero attached hydrogens (tertiary/aromatic N) is 1. The van der Waals surface area contributed by atoms with Crippen LogP contribution < -0.4 is 4.74 Å². The highest BCUT2D eigenvalue weighted by atomic mass is 16.7. The van der Waals surface area contributed by atoms with Gasteiger partial charge < -0.3 is 9.47 Å². The van der Waals surface area contributed by atoms with E-state index in [1.165, 1.54) is 46.2 Å². The van der Waals surface area contributed by atoms with Gasteiger partial charge in [0.2, 0.25) is 0 Å². The Labute approximate surface area is 245 Å². The lowest BCUT2D eigenvalue weighted by Crippen LogP contribution is -2.16. The molecule has 0 N–H and O–H groups in total. The molecule has 6 heteroatoms. The zero-order chi connectivity index (χ0) is 29.1.